The quantitative estimate of drug-likeness (QED) is 0.751. The Kier molecular flexibility index (Phi) is 5.30. The molecule has 2 saturated heterocycles. The summed E-state index contributed by atoms with van der Waals surface area (Å²) in [7, 11) is 0. The van der Waals surface area contributed by atoms with Crippen molar-refractivity contribution in [2.45, 2.75) is 19.4 Å². The van der Waals surface area contributed by atoms with Crippen LogP contribution < -0.4 is 9.80 Å². The van der Waals surface area contributed by atoms with Gasteiger partial charge in [0.15, 0.2) is 0 Å². The molecule has 2 fully saturated rings. The van der Waals surface area contributed by atoms with Gasteiger partial charge in [0.25, 0.3) is 0 Å². The highest BCUT2D eigenvalue weighted by Gasteiger charge is 2.43. The first-order chi connectivity index (χ1) is 15.1. The van der Waals surface area contributed by atoms with Gasteiger partial charge in [0.2, 0.25) is 11.8 Å². The monoisotopic (exact) mass is 418 g/mol. The standard InChI is InChI=1S/C25H30N4O2/c1-19(30)26-11-13-27(14-12-26)25(31)22-17-20-7-5-6-10-23(20)29-16-15-28(18-24(22)29)21-8-3-2-4-9-21/h2-10,22,24H,11-18H2,1H3. The number of piperazine rings is 2. The van der Waals surface area contributed by atoms with Crippen LogP contribution in [0.5, 0.6) is 0 Å². The molecular formula is C25H30N4O2. The van der Waals surface area contributed by atoms with Crippen molar-refractivity contribution in [2.75, 3.05) is 55.6 Å². The highest BCUT2D eigenvalue weighted by Crippen LogP contribution is 2.37. The first-order valence-electron chi connectivity index (χ1n) is 11.3. The molecular weight excluding hydrogens is 388 g/mol. The van der Waals surface area contributed by atoms with Gasteiger partial charge in [-0.2, -0.15) is 0 Å². The van der Waals surface area contributed by atoms with Gasteiger partial charge in [-0.15, -0.1) is 0 Å². The Bertz CT molecular complexity index is 955. The summed E-state index contributed by atoms with van der Waals surface area (Å²) in [5, 5.41) is 0. The van der Waals surface area contributed by atoms with Crippen molar-refractivity contribution in [3.63, 3.8) is 0 Å². The van der Waals surface area contributed by atoms with Gasteiger partial charge in [-0.1, -0.05) is 36.4 Å². The van der Waals surface area contributed by atoms with E-state index in [-0.39, 0.29) is 23.8 Å². The van der Waals surface area contributed by atoms with Crippen molar-refractivity contribution >= 4 is 23.2 Å². The Hall–Kier alpha value is -3.02. The van der Waals surface area contributed by atoms with Gasteiger partial charge >= 0.3 is 0 Å². The minimum absolute atomic E-state index is 0.0645. The third kappa shape index (κ3) is 3.75. The summed E-state index contributed by atoms with van der Waals surface area (Å²) >= 11 is 0. The van der Waals surface area contributed by atoms with E-state index in [9.17, 15) is 9.59 Å². The largest absolute Gasteiger partial charge is 0.368 e. The summed E-state index contributed by atoms with van der Waals surface area (Å²) in [4.78, 5) is 34.1. The number of carbonyl (C=O) groups excluding carboxylic acids is 2. The van der Waals surface area contributed by atoms with Gasteiger partial charge in [-0.25, -0.2) is 0 Å². The van der Waals surface area contributed by atoms with E-state index in [0.29, 0.717) is 26.2 Å². The van der Waals surface area contributed by atoms with E-state index in [4.69, 9.17) is 0 Å². The lowest BCUT2D eigenvalue weighted by atomic mass is 9.82. The summed E-state index contributed by atoms with van der Waals surface area (Å²) in [6, 6.07) is 19.2. The zero-order valence-electron chi connectivity index (χ0n) is 18.1. The number of para-hydroxylation sites is 2. The summed E-state index contributed by atoms with van der Waals surface area (Å²) in [5.74, 6) is 0.267. The van der Waals surface area contributed by atoms with Gasteiger partial charge in [-0.3, -0.25) is 9.59 Å². The Morgan fingerprint density at radius 2 is 1.48 bits per heavy atom. The lowest BCUT2D eigenvalue weighted by molar-refractivity contribution is -0.142. The fourth-order valence-electron chi connectivity index (χ4n) is 5.39. The van der Waals surface area contributed by atoms with Crippen molar-refractivity contribution in [1.82, 2.24) is 9.80 Å². The topological polar surface area (TPSA) is 47.1 Å². The second-order valence-electron chi connectivity index (χ2n) is 8.81. The predicted octanol–water partition coefficient (Wildman–Crippen LogP) is 2.24. The smallest absolute Gasteiger partial charge is 0.228 e. The fourth-order valence-corrected chi connectivity index (χ4v) is 5.39. The summed E-state index contributed by atoms with van der Waals surface area (Å²) < 4.78 is 0. The molecule has 0 radical (unpaired) electrons. The average molecular weight is 419 g/mol. The van der Waals surface area contributed by atoms with Crippen molar-refractivity contribution in [3.8, 4) is 0 Å². The van der Waals surface area contributed by atoms with E-state index in [1.54, 1.807) is 6.92 Å². The van der Waals surface area contributed by atoms with Crippen LogP contribution in [0, 0.1) is 5.92 Å². The van der Waals surface area contributed by atoms with E-state index in [0.717, 1.165) is 26.1 Å². The summed E-state index contributed by atoms with van der Waals surface area (Å²) in [6.45, 7) is 6.85. The second-order valence-corrected chi connectivity index (χ2v) is 8.81. The molecule has 2 amide bonds. The molecule has 31 heavy (non-hydrogen) atoms. The number of amides is 2. The molecule has 6 heteroatoms. The molecule has 5 rings (SSSR count). The van der Waals surface area contributed by atoms with Crippen LogP contribution >= 0.6 is 0 Å². The Labute approximate surface area is 184 Å². The van der Waals surface area contributed by atoms with E-state index in [1.807, 2.05) is 15.9 Å². The van der Waals surface area contributed by atoms with Crippen molar-refractivity contribution in [3.05, 3.63) is 60.2 Å². The maximum Gasteiger partial charge on any atom is 0.228 e. The average Bonchev–Trinajstić information content (AvgIpc) is 2.83. The fraction of sp³-hybridized carbons (Fsp3) is 0.440. The number of fused-ring (bicyclic) bond motifs is 3. The molecule has 3 aliphatic rings. The molecule has 0 bridgehead atoms. The zero-order chi connectivity index (χ0) is 21.4. The molecule has 3 heterocycles. The Balaban J connectivity index is 1.40. The first-order valence-corrected chi connectivity index (χ1v) is 11.3. The number of benzene rings is 2. The number of hydrogen-bond acceptors (Lipinski definition) is 4. The van der Waals surface area contributed by atoms with Crippen LogP contribution in [0.4, 0.5) is 11.4 Å². The minimum atomic E-state index is -0.0645. The molecule has 2 aromatic rings. The van der Waals surface area contributed by atoms with Crippen LogP contribution in [0.1, 0.15) is 12.5 Å². The number of hydrogen-bond donors (Lipinski definition) is 0. The molecule has 0 N–H and O–H groups in total. The zero-order valence-corrected chi connectivity index (χ0v) is 18.1. The van der Waals surface area contributed by atoms with Crippen LogP contribution in [-0.4, -0.2) is 73.5 Å². The molecule has 2 unspecified atom stereocenters. The van der Waals surface area contributed by atoms with Gasteiger partial charge < -0.3 is 19.6 Å². The SMILES string of the molecule is CC(=O)N1CCN(C(=O)C2Cc3ccccc3N3CCN(c4ccccc4)CC23)CC1. The van der Waals surface area contributed by atoms with Crippen LogP contribution in [0.2, 0.25) is 0 Å². The normalized spacial score (nSPS) is 23.3. The van der Waals surface area contributed by atoms with Crippen LogP contribution in [0.15, 0.2) is 54.6 Å². The van der Waals surface area contributed by atoms with E-state index < -0.39 is 0 Å². The molecule has 3 aliphatic heterocycles. The maximum atomic E-state index is 13.7. The highest BCUT2D eigenvalue weighted by molar-refractivity contribution is 5.83. The molecule has 6 nitrogen and oxygen atoms in total. The van der Waals surface area contributed by atoms with E-state index in [2.05, 4.69) is 58.3 Å². The van der Waals surface area contributed by atoms with Crippen molar-refractivity contribution in [1.29, 1.82) is 0 Å². The molecule has 2 atom stereocenters. The van der Waals surface area contributed by atoms with Gasteiger partial charge in [0.05, 0.1) is 12.0 Å². The van der Waals surface area contributed by atoms with Crippen LogP contribution in [0.3, 0.4) is 0 Å². The highest BCUT2D eigenvalue weighted by atomic mass is 16.2. The second kappa shape index (κ2) is 8.25. The van der Waals surface area contributed by atoms with Gasteiger partial charge in [0.1, 0.15) is 0 Å². The lowest BCUT2D eigenvalue weighted by Gasteiger charge is -2.50. The van der Waals surface area contributed by atoms with Crippen LogP contribution in [0.25, 0.3) is 0 Å². The van der Waals surface area contributed by atoms with E-state index in [1.165, 1.54) is 16.9 Å². The maximum absolute atomic E-state index is 13.7. The molecule has 0 aliphatic carbocycles. The number of anilines is 2. The predicted molar refractivity (Wildman–Crippen MR) is 122 cm³/mol. The molecule has 2 aromatic carbocycles. The number of rotatable bonds is 2. The minimum Gasteiger partial charge on any atom is -0.368 e. The van der Waals surface area contributed by atoms with Gasteiger partial charge in [-0.05, 0) is 30.2 Å². The summed E-state index contributed by atoms with van der Waals surface area (Å²) in [6.07, 6.45) is 0.783. The Morgan fingerprint density at radius 3 is 2.23 bits per heavy atom. The summed E-state index contributed by atoms with van der Waals surface area (Å²) in [5.41, 5.74) is 3.78. The number of carbonyl (C=O) groups is 2. The molecule has 0 spiro atoms. The van der Waals surface area contributed by atoms with Gasteiger partial charge in [0, 0.05) is 64.1 Å². The molecule has 162 valence electrons. The van der Waals surface area contributed by atoms with Crippen molar-refractivity contribution in [2.24, 2.45) is 5.92 Å². The third-order valence-corrected chi connectivity index (χ3v) is 7.10. The molecule has 0 aromatic heterocycles. The first kappa shape index (κ1) is 19.9. The number of nitrogens with zero attached hydrogens (tertiary/aromatic N) is 4. The Morgan fingerprint density at radius 1 is 0.806 bits per heavy atom. The molecule has 0 saturated carbocycles. The van der Waals surface area contributed by atoms with E-state index >= 15 is 0 Å². The van der Waals surface area contributed by atoms with Crippen LogP contribution in [-0.2, 0) is 16.0 Å². The lowest BCUT2D eigenvalue weighted by Crippen LogP contribution is -2.62. The van der Waals surface area contributed by atoms with Crippen molar-refractivity contribution < 1.29 is 9.59 Å². The third-order valence-electron chi connectivity index (χ3n) is 7.10.